The maximum atomic E-state index is 11.7. The molecule has 0 unspecified atom stereocenters. The van der Waals surface area contributed by atoms with Gasteiger partial charge in [0.25, 0.3) is 0 Å². The Bertz CT molecular complexity index is 515. The van der Waals surface area contributed by atoms with E-state index >= 15 is 0 Å². The summed E-state index contributed by atoms with van der Waals surface area (Å²) in [6.45, 7) is 7.72. The minimum Gasteiger partial charge on any atom is -0.357 e. The molecule has 0 fully saturated rings. The van der Waals surface area contributed by atoms with Gasteiger partial charge in [0.1, 0.15) is 0 Å². The van der Waals surface area contributed by atoms with E-state index in [-0.39, 0.29) is 5.43 Å². The van der Waals surface area contributed by atoms with Crippen LogP contribution in [0.15, 0.2) is 23.3 Å². The maximum Gasteiger partial charge on any atom is 0.192 e. The van der Waals surface area contributed by atoms with E-state index in [1.807, 2.05) is 27.7 Å². The van der Waals surface area contributed by atoms with Crippen molar-refractivity contribution in [2.24, 2.45) is 0 Å². The molecular formula is C12H16N2O. The van der Waals surface area contributed by atoms with Gasteiger partial charge in [-0.1, -0.05) is 13.8 Å². The molecule has 0 spiro atoms. The van der Waals surface area contributed by atoms with Crippen molar-refractivity contribution in [3.63, 3.8) is 0 Å². The fraction of sp³-hybridized carbons (Fsp3) is 0.333. The molecule has 0 radical (unpaired) electrons. The van der Waals surface area contributed by atoms with Crippen LogP contribution in [0, 0.1) is 13.8 Å². The summed E-state index contributed by atoms with van der Waals surface area (Å²) in [7, 11) is 0. The molecule has 2 aromatic heterocycles. The Labute approximate surface area is 89.2 Å². The summed E-state index contributed by atoms with van der Waals surface area (Å²) in [5.74, 6) is 0. The number of rotatable bonds is 0. The van der Waals surface area contributed by atoms with E-state index in [9.17, 15) is 4.79 Å². The van der Waals surface area contributed by atoms with Gasteiger partial charge in [0.2, 0.25) is 0 Å². The number of hydrogen-bond donors (Lipinski definition) is 1. The average molecular weight is 204 g/mol. The number of hydrogen-bond acceptors (Lipinski definition) is 2. The van der Waals surface area contributed by atoms with Crippen LogP contribution in [0.1, 0.15) is 25.1 Å². The number of nitrogens with one attached hydrogen (secondary N) is 1. The fourth-order valence-electron chi connectivity index (χ4n) is 1.36. The summed E-state index contributed by atoms with van der Waals surface area (Å²) < 4.78 is 0. The molecule has 3 heteroatoms. The van der Waals surface area contributed by atoms with E-state index in [0.29, 0.717) is 5.39 Å². The minimum atomic E-state index is 0.0913. The minimum absolute atomic E-state index is 0.0913. The van der Waals surface area contributed by atoms with Crippen LogP contribution < -0.4 is 5.43 Å². The van der Waals surface area contributed by atoms with Gasteiger partial charge in [-0.25, -0.2) is 0 Å². The number of aryl methyl sites for hydroxylation is 1. The van der Waals surface area contributed by atoms with Crippen molar-refractivity contribution in [3.8, 4) is 0 Å². The molecule has 2 heterocycles. The van der Waals surface area contributed by atoms with Crippen molar-refractivity contribution < 1.29 is 0 Å². The van der Waals surface area contributed by atoms with Gasteiger partial charge in [-0.2, -0.15) is 0 Å². The van der Waals surface area contributed by atoms with Gasteiger partial charge < -0.3 is 4.98 Å². The zero-order valence-corrected chi connectivity index (χ0v) is 9.59. The van der Waals surface area contributed by atoms with E-state index in [4.69, 9.17) is 0 Å². The van der Waals surface area contributed by atoms with Crippen LogP contribution in [0.2, 0.25) is 0 Å². The third-order valence-electron chi connectivity index (χ3n) is 2.29. The molecule has 80 valence electrons. The summed E-state index contributed by atoms with van der Waals surface area (Å²) in [4.78, 5) is 18.8. The van der Waals surface area contributed by atoms with Crippen molar-refractivity contribution in [1.29, 1.82) is 0 Å². The monoisotopic (exact) mass is 204 g/mol. The zero-order chi connectivity index (χ0) is 11.4. The molecule has 0 aromatic carbocycles. The highest BCUT2D eigenvalue weighted by Crippen LogP contribution is 2.07. The third-order valence-corrected chi connectivity index (χ3v) is 2.29. The summed E-state index contributed by atoms with van der Waals surface area (Å²) in [5, 5.41) is 0.707. The van der Waals surface area contributed by atoms with Crippen molar-refractivity contribution in [3.05, 3.63) is 39.9 Å². The normalized spacial score (nSPS) is 9.60. The lowest BCUT2D eigenvalue weighted by Crippen LogP contribution is -2.09. The topological polar surface area (TPSA) is 45.8 Å². The second kappa shape index (κ2) is 4.73. The standard InChI is InChI=1S/C10H10N2O.C2H6/c1-6-7(2)12-9-5-11-4-3-8(9)10(6)13;1-2/h3-5H,1-2H3,(H,12,13);1-2H3. The summed E-state index contributed by atoms with van der Waals surface area (Å²) in [6, 6.07) is 1.74. The van der Waals surface area contributed by atoms with Gasteiger partial charge in [-0.3, -0.25) is 9.78 Å². The third kappa shape index (κ3) is 2.06. The number of pyridine rings is 2. The van der Waals surface area contributed by atoms with Crippen LogP contribution in [0.3, 0.4) is 0 Å². The Hall–Kier alpha value is -1.64. The van der Waals surface area contributed by atoms with Crippen LogP contribution in [-0.4, -0.2) is 9.97 Å². The smallest absolute Gasteiger partial charge is 0.192 e. The molecular weight excluding hydrogens is 188 g/mol. The van der Waals surface area contributed by atoms with Gasteiger partial charge in [0.05, 0.1) is 11.7 Å². The molecule has 0 aliphatic carbocycles. The molecule has 0 aliphatic heterocycles. The highest BCUT2D eigenvalue weighted by atomic mass is 16.1. The summed E-state index contributed by atoms with van der Waals surface area (Å²) >= 11 is 0. The molecule has 0 aliphatic rings. The summed E-state index contributed by atoms with van der Waals surface area (Å²) in [5.41, 5.74) is 2.58. The lowest BCUT2D eigenvalue weighted by atomic mass is 10.1. The molecule has 0 bridgehead atoms. The number of H-pyrrole nitrogens is 1. The van der Waals surface area contributed by atoms with Gasteiger partial charge >= 0.3 is 0 Å². The van der Waals surface area contributed by atoms with E-state index in [1.165, 1.54) is 0 Å². The molecule has 15 heavy (non-hydrogen) atoms. The summed E-state index contributed by atoms with van der Waals surface area (Å²) in [6.07, 6.45) is 3.30. The molecule has 2 rings (SSSR count). The molecule has 0 amide bonds. The Morgan fingerprint density at radius 3 is 2.60 bits per heavy atom. The Balaban J connectivity index is 0.000000531. The molecule has 0 atom stereocenters. The predicted octanol–water partition coefficient (Wildman–Crippen LogP) is 2.57. The number of aromatic nitrogens is 2. The first kappa shape index (κ1) is 11.4. The van der Waals surface area contributed by atoms with Crippen molar-refractivity contribution in [2.45, 2.75) is 27.7 Å². The van der Waals surface area contributed by atoms with Crippen LogP contribution in [-0.2, 0) is 0 Å². The lowest BCUT2D eigenvalue weighted by molar-refractivity contribution is 1.16. The first-order valence-electron chi connectivity index (χ1n) is 5.13. The second-order valence-corrected chi connectivity index (χ2v) is 3.13. The first-order valence-corrected chi connectivity index (χ1v) is 5.13. The van der Waals surface area contributed by atoms with Crippen LogP contribution in [0.25, 0.3) is 10.9 Å². The van der Waals surface area contributed by atoms with E-state index in [0.717, 1.165) is 16.8 Å². The highest BCUT2D eigenvalue weighted by Gasteiger charge is 2.03. The maximum absolute atomic E-state index is 11.7. The fourth-order valence-corrected chi connectivity index (χ4v) is 1.36. The van der Waals surface area contributed by atoms with Gasteiger partial charge in [0.15, 0.2) is 5.43 Å². The zero-order valence-electron chi connectivity index (χ0n) is 9.59. The second-order valence-electron chi connectivity index (χ2n) is 3.13. The van der Waals surface area contributed by atoms with E-state index in [1.54, 1.807) is 18.5 Å². The van der Waals surface area contributed by atoms with Crippen molar-refractivity contribution in [1.82, 2.24) is 9.97 Å². The lowest BCUT2D eigenvalue weighted by Gasteiger charge is -2.02. The van der Waals surface area contributed by atoms with Crippen molar-refractivity contribution >= 4 is 10.9 Å². The molecule has 0 saturated heterocycles. The predicted molar refractivity (Wildman–Crippen MR) is 63.2 cm³/mol. The Morgan fingerprint density at radius 1 is 1.27 bits per heavy atom. The molecule has 3 nitrogen and oxygen atoms in total. The molecule has 0 saturated carbocycles. The van der Waals surface area contributed by atoms with Crippen molar-refractivity contribution in [2.75, 3.05) is 0 Å². The van der Waals surface area contributed by atoms with E-state index < -0.39 is 0 Å². The molecule has 1 N–H and O–H groups in total. The number of nitrogens with zero attached hydrogens (tertiary/aromatic N) is 1. The van der Waals surface area contributed by atoms with Gasteiger partial charge in [-0.15, -0.1) is 0 Å². The van der Waals surface area contributed by atoms with Crippen LogP contribution in [0.5, 0.6) is 0 Å². The quantitative estimate of drug-likeness (QED) is 0.716. The van der Waals surface area contributed by atoms with Gasteiger partial charge in [-0.05, 0) is 19.9 Å². The Morgan fingerprint density at radius 2 is 1.93 bits per heavy atom. The van der Waals surface area contributed by atoms with Gasteiger partial charge in [0, 0.05) is 22.8 Å². The highest BCUT2D eigenvalue weighted by molar-refractivity contribution is 5.78. The molecule has 2 aromatic rings. The average Bonchev–Trinajstić information content (AvgIpc) is 2.29. The largest absolute Gasteiger partial charge is 0.357 e. The first-order chi connectivity index (χ1) is 7.20. The van der Waals surface area contributed by atoms with Crippen LogP contribution >= 0.6 is 0 Å². The Kier molecular flexibility index (Phi) is 3.61. The van der Waals surface area contributed by atoms with E-state index in [2.05, 4.69) is 9.97 Å². The number of fused-ring (bicyclic) bond motifs is 1. The van der Waals surface area contributed by atoms with Crippen LogP contribution in [0.4, 0.5) is 0 Å². The SMILES string of the molecule is CC.Cc1[nH]c2cnccc2c(=O)c1C. The number of aromatic amines is 1.